The Bertz CT molecular complexity index is 348. The maximum Gasteiger partial charge on any atom is 0.0588 e. The molecule has 1 aliphatic carbocycles. The highest BCUT2D eigenvalue weighted by Gasteiger charge is 2.47. The topological polar surface area (TPSA) is 37.0 Å². The van der Waals surface area contributed by atoms with Crippen LogP contribution in [0.15, 0.2) is 18.5 Å². The molecule has 0 atom stereocenters. The molecule has 0 aromatic carbocycles. The fourth-order valence-electron chi connectivity index (χ4n) is 3.53. The Hall–Kier alpha value is -0.800. The van der Waals surface area contributed by atoms with Crippen molar-refractivity contribution in [3.05, 3.63) is 24.0 Å². The summed E-state index contributed by atoms with van der Waals surface area (Å²) in [5.41, 5.74) is 1.77. The molecule has 2 aliphatic rings. The van der Waals surface area contributed by atoms with Crippen LogP contribution in [-0.4, -0.2) is 31.3 Å². The molecule has 94 valence electrons. The molecule has 0 radical (unpaired) electrons. The molecule has 3 heteroatoms. The predicted molar refractivity (Wildman–Crippen MR) is 68.1 cm³/mol. The molecule has 3 rings (SSSR count). The predicted octanol–water partition coefficient (Wildman–Crippen LogP) is 2.06. The first-order valence-corrected chi connectivity index (χ1v) is 6.73. The van der Waals surface area contributed by atoms with Crippen molar-refractivity contribution in [1.29, 1.82) is 0 Å². The van der Waals surface area contributed by atoms with Gasteiger partial charge < -0.3 is 15.0 Å². The first kappa shape index (κ1) is 11.3. The number of rotatable bonds is 3. The summed E-state index contributed by atoms with van der Waals surface area (Å²) in [5, 5.41) is 3.41. The number of aromatic nitrogens is 1. The Balaban J connectivity index is 1.74. The second-order valence-corrected chi connectivity index (χ2v) is 5.59. The van der Waals surface area contributed by atoms with Crippen LogP contribution in [0.1, 0.15) is 31.2 Å². The molecule has 17 heavy (non-hydrogen) atoms. The molecule has 0 spiro atoms. The van der Waals surface area contributed by atoms with Crippen LogP contribution in [0.25, 0.3) is 0 Å². The van der Waals surface area contributed by atoms with Gasteiger partial charge in [-0.15, -0.1) is 0 Å². The van der Waals surface area contributed by atoms with Crippen LogP contribution in [0.4, 0.5) is 0 Å². The summed E-state index contributed by atoms with van der Waals surface area (Å²) >= 11 is 0. The quantitative estimate of drug-likeness (QED) is 0.840. The average molecular weight is 234 g/mol. The van der Waals surface area contributed by atoms with Crippen LogP contribution in [0.5, 0.6) is 0 Å². The Morgan fingerprint density at radius 2 is 2.06 bits per heavy atom. The Kier molecular flexibility index (Phi) is 2.97. The molecule has 0 unspecified atom stereocenters. The minimum absolute atomic E-state index is 0.318. The van der Waals surface area contributed by atoms with Crippen molar-refractivity contribution in [2.45, 2.75) is 37.1 Å². The van der Waals surface area contributed by atoms with Gasteiger partial charge in [-0.2, -0.15) is 0 Å². The normalized spacial score (nSPS) is 32.1. The van der Waals surface area contributed by atoms with Gasteiger partial charge in [-0.1, -0.05) is 0 Å². The van der Waals surface area contributed by atoms with Crippen molar-refractivity contribution >= 4 is 0 Å². The lowest BCUT2D eigenvalue weighted by molar-refractivity contribution is -0.0987. The molecule has 1 saturated heterocycles. The van der Waals surface area contributed by atoms with Crippen molar-refractivity contribution in [3.63, 3.8) is 0 Å². The highest BCUT2D eigenvalue weighted by Crippen LogP contribution is 2.45. The Morgan fingerprint density at radius 1 is 1.29 bits per heavy atom. The Labute approximate surface area is 103 Å². The van der Waals surface area contributed by atoms with Gasteiger partial charge in [0.2, 0.25) is 0 Å². The molecular weight excluding hydrogens is 212 g/mol. The SMILES string of the molecule is CNC1CCC(C2(c3cc[nH]c3)COC2)CC1. The van der Waals surface area contributed by atoms with Gasteiger partial charge in [0.15, 0.2) is 0 Å². The molecule has 2 fully saturated rings. The molecule has 1 aromatic heterocycles. The highest BCUT2D eigenvalue weighted by molar-refractivity contribution is 5.27. The number of hydrogen-bond acceptors (Lipinski definition) is 2. The van der Waals surface area contributed by atoms with Crippen LogP contribution < -0.4 is 5.32 Å². The fourth-order valence-corrected chi connectivity index (χ4v) is 3.53. The zero-order valence-corrected chi connectivity index (χ0v) is 10.5. The Morgan fingerprint density at radius 3 is 2.53 bits per heavy atom. The smallest absolute Gasteiger partial charge is 0.0588 e. The van der Waals surface area contributed by atoms with Crippen LogP contribution in [0.2, 0.25) is 0 Å². The van der Waals surface area contributed by atoms with E-state index < -0.39 is 0 Å². The minimum atomic E-state index is 0.318. The van der Waals surface area contributed by atoms with Crippen molar-refractivity contribution < 1.29 is 4.74 Å². The molecule has 2 heterocycles. The molecule has 2 N–H and O–H groups in total. The standard InChI is InChI=1S/C14H22N2O/c1-15-13-4-2-11(3-5-13)14(9-17-10-14)12-6-7-16-8-12/h6-8,11,13,15-16H,2-5,9-10H2,1H3. The highest BCUT2D eigenvalue weighted by atomic mass is 16.5. The van der Waals surface area contributed by atoms with E-state index in [2.05, 4.69) is 29.6 Å². The van der Waals surface area contributed by atoms with Gasteiger partial charge in [0.05, 0.1) is 13.2 Å². The third-order valence-electron chi connectivity index (χ3n) is 4.81. The second kappa shape index (κ2) is 4.46. The maximum atomic E-state index is 5.54. The zero-order valence-electron chi connectivity index (χ0n) is 10.5. The zero-order chi connectivity index (χ0) is 11.7. The molecule has 1 aromatic rings. The average Bonchev–Trinajstić information content (AvgIpc) is 2.83. The van der Waals surface area contributed by atoms with Crippen LogP contribution in [0, 0.1) is 5.92 Å². The van der Waals surface area contributed by atoms with Gasteiger partial charge in [-0.25, -0.2) is 0 Å². The van der Waals surface area contributed by atoms with E-state index in [1.165, 1.54) is 31.2 Å². The van der Waals surface area contributed by atoms with E-state index in [9.17, 15) is 0 Å². The first-order valence-electron chi connectivity index (χ1n) is 6.73. The number of aromatic amines is 1. The van der Waals surface area contributed by atoms with E-state index in [4.69, 9.17) is 4.74 Å². The molecule has 0 amide bonds. The van der Waals surface area contributed by atoms with Crippen molar-refractivity contribution in [1.82, 2.24) is 10.3 Å². The van der Waals surface area contributed by atoms with E-state index in [1.54, 1.807) is 0 Å². The van der Waals surface area contributed by atoms with E-state index >= 15 is 0 Å². The van der Waals surface area contributed by atoms with Crippen LogP contribution in [-0.2, 0) is 10.2 Å². The summed E-state index contributed by atoms with van der Waals surface area (Å²) in [6.45, 7) is 1.83. The molecule has 1 saturated carbocycles. The number of H-pyrrole nitrogens is 1. The van der Waals surface area contributed by atoms with E-state index in [0.717, 1.165) is 25.2 Å². The third kappa shape index (κ3) is 1.81. The molecule has 0 bridgehead atoms. The fraction of sp³-hybridized carbons (Fsp3) is 0.714. The summed E-state index contributed by atoms with van der Waals surface area (Å²) in [7, 11) is 2.08. The lowest BCUT2D eigenvalue weighted by Gasteiger charge is -2.49. The molecular formula is C14H22N2O. The summed E-state index contributed by atoms with van der Waals surface area (Å²) in [5.74, 6) is 0.802. The van der Waals surface area contributed by atoms with Crippen molar-refractivity contribution in [3.8, 4) is 0 Å². The number of hydrogen-bond donors (Lipinski definition) is 2. The van der Waals surface area contributed by atoms with Crippen molar-refractivity contribution in [2.24, 2.45) is 5.92 Å². The molecule has 1 aliphatic heterocycles. The van der Waals surface area contributed by atoms with E-state index in [-0.39, 0.29) is 0 Å². The van der Waals surface area contributed by atoms with Gasteiger partial charge in [0, 0.05) is 23.9 Å². The van der Waals surface area contributed by atoms with Gasteiger partial charge in [0.25, 0.3) is 0 Å². The maximum absolute atomic E-state index is 5.54. The summed E-state index contributed by atoms with van der Waals surface area (Å²) in [6.07, 6.45) is 9.49. The summed E-state index contributed by atoms with van der Waals surface area (Å²) in [4.78, 5) is 3.19. The van der Waals surface area contributed by atoms with E-state index in [1.807, 2.05) is 6.20 Å². The van der Waals surface area contributed by atoms with Crippen molar-refractivity contribution in [2.75, 3.05) is 20.3 Å². The van der Waals surface area contributed by atoms with Crippen LogP contribution in [0.3, 0.4) is 0 Å². The van der Waals surface area contributed by atoms with Gasteiger partial charge >= 0.3 is 0 Å². The van der Waals surface area contributed by atoms with Gasteiger partial charge in [-0.3, -0.25) is 0 Å². The van der Waals surface area contributed by atoms with E-state index in [0.29, 0.717) is 5.41 Å². The van der Waals surface area contributed by atoms with Gasteiger partial charge in [-0.05, 0) is 50.3 Å². The second-order valence-electron chi connectivity index (χ2n) is 5.59. The monoisotopic (exact) mass is 234 g/mol. The number of nitrogens with one attached hydrogen (secondary N) is 2. The van der Waals surface area contributed by atoms with Crippen LogP contribution >= 0.6 is 0 Å². The van der Waals surface area contributed by atoms with Gasteiger partial charge in [0.1, 0.15) is 0 Å². The lowest BCUT2D eigenvalue weighted by Crippen LogP contribution is -2.53. The third-order valence-corrected chi connectivity index (χ3v) is 4.81. The summed E-state index contributed by atoms with van der Waals surface area (Å²) < 4.78 is 5.54. The number of ether oxygens (including phenoxy) is 1. The largest absolute Gasteiger partial charge is 0.379 e. The lowest BCUT2D eigenvalue weighted by atomic mass is 9.64. The minimum Gasteiger partial charge on any atom is -0.379 e. The summed E-state index contributed by atoms with van der Waals surface area (Å²) in [6, 6.07) is 2.96. The molecule has 3 nitrogen and oxygen atoms in total. The first-order chi connectivity index (χ1) is 8.35.